The number of aliphatic carboxylic acids is 1. The largest absolute Gasteiger partial charge is 3.00 e. The number of hydrogen-bond donors (Lipinski definition) is 0. The van der Waals surface area contributed by atoms with Gasteiger partial charge in [0.2, 0.25) is 0 Å². The molecule has 0 aromatic carbocycles. The van der Waals surface area contributed by atoms with Gasteiger partial charge in [0.1, 0.15) is 0 Å². The number of carboxylic acids is 1. The molecule has 0 aliphatic carbocycles. The second-order valence-electron chi connectivity index (χ2n) is 2.81. The molecule has 0 saturated heterocycles. The summed E-state index contributed by atoms with van der Waals surface area (Å²) in [5, 5.41) is 35.3. The minimum atomic E-state index is -1.08. The van der Waals surface area contributed by atoms with Crippen LogP contribution in [0.15, 0.2) is 0 Å². The van der Waals surface area contributed by atoms with Crippen molar-refractivity contribution >= 4 is 23.3 Å². The summed E-state index contributed by atoms with van der Waals surface area (Å²) in [6, 6.07) is 1.75. The molecule has 0 saturated carbocycles. The molecule has 0 fully saturated rings. The van der Waals surface area contributed by atoms with Crippen LogP contribution in [0.4, 0.5) is 0 Å². The van der Waals surface area contributed by atoms with Crippen LogP contribution in [-0.2, 0) is 4.79 Å². The van der Waals surface area contributed by atoms with Gasteiger partial charge in [0.25, 0.3) is 0 Å². The van der Waals surface area contributed by atoms with Crippen LogP contribution in [0.5, 0.6) is 0 Å². The van der Waals surface area contributed by atoms with Crippen molar-refractivity contribution in [3.63, 3.8) is 0 Å². The smallest absolute Gasteiger partial charge is 0.852 e. The molecule has 0 heterocycles. The first-order chi connectivity index (χ1) is 6.61. The van der Waals surface area contributed by atoms with Crippen molar-refractivity contribution in [2.24, 2.45) is 0 Å². The summed E-state index contributed by atoms with van der Waals surface area (Å²) >= 11 is 0. The van der Waals surface area contributed by atoms with E-state index in [9.17, 15) is 10.2 Å². The van der Waals surface area contributed by atoms with Gasteiger partial charge in [-0.1, -0.05) is 27.7 Å². The van der Waals surface area contributed by atoms with E-state index >= 15 is 0 Å². The molecular weight excluding hydrogens is 225 g/mol. The van der Waals surface area contributed by atoms with Gasteiger partial charge < -0.3 is 20.1 Å². The van der Waals surface area contributed by atoms with Crippen LogP contribution < -0.4 is 15.3 Å². The molecule has 5 nitrogen and oxygen atoms in total. The van der Waals surface area contributed by atoms with Gasteiger partial charge in [0.05, 0.1) is 6.07 Å². The Labute approximate surface area is 109 Å². The number of carboxylic acid groups (broad SMARTS) is 1. The molecule has 16 heavy (non-hydrogen) atoms. The van der Waals surface area contributed by atoms with Crippen LogP contribution in [-0.4, -0.2) is 35.5 Å². The maximum Gasteiger partial charge on any atom is 3.00 e. The quantitative estimate of drug-likeness (QED) is 0.478. The predicted octanol–water partition coefficient (Wildman–Crippen LogP) is -1.58. The summed E-state index contributed by atoms with van der Waals surface area (Å²) < 4.78 is 0. The maximum absolute atomic E-state index is 9.53. The second kappa shape index (κ2) is 29.3. The summed E-state index contributed by atoms with van der Waals surface area (Å²) in [5.41, 5.74) is 0. The van der Waals surface area contributed by atoms with Crippen molar-refractivity contribution in [2.75, 3.05) is 0 Å². The van der Waals surface area contributed by atoms with Crippen LogP contribution in [0.3, 0.4) is 0 Å². The monoisotopic (exact) mass is 245 g/mol. The van der Waals surface area contributed by atoms with Crippen LogP contribution in [0.1, 0.15) is 41.5 Å². The van der Waals surface area contributed by atoms with Crippen LogP contribution in [0.2, 0.25) is 0 Å². The summed E-state index contributed by atoms with van der Waals surface area (Å²) in [6.45, 7) is 8.85. The fourth-order valence-corrected chi connectivity index (χ4v) is 0. The van der Waals surface area contributed by atoms with Gasteiger partial charge in [-0.3, -0.25) is 0 Å². The van der Waals surface area contributed by atoms with E-state index in [2.05, 4.69) is 0 Å². The molecule has 0 unspecified atom stereocenters. The molecule has 0 aromatic heterocycles. The Bertz CT molecular complexity index is 140. The van der Waals surface area contributed by atoms with Gasteiger partial charge in [0.15, 0.2) is 0 Å². The topological polar surface area (TPSA) is 110 Å². The van der Waals surface area contributed by atoms with Gasteiger partial charge in [-0.05, 0) is 6.92 Å². The molecule has 0 aromatic rings. The Hall–Kier alpha value is -0.588. The first-order valence-corrected chi connectivity index (χ1v) is 4.41. The third-order valence-electron chi connectivity index (χ3n) is 0. The second-order valence-corrected chi connectivity index (χ2v) is 2.81. The molecule has 0 aliphatic heterocycles. The van der Waals surface area contributed by atoms with Crippen LogP contribution in [0, 0.1) is 11.3 Å². The fraction of sp³-hybridized carbons (Fsp3) is 0.800. The van der Waals surface area contributed by atoms with Crippen molar-refractivity contribution in [3.8, 4) is 6.07 Å². The Kier molecular flexibility index (Phi) is 54.0. The molecule has 0 aliphatic rings. The molecule has 0 atom stereocenters. The molecule has 92 valence electrons. The number of carbonyl (C=O) groups is 1. The van der Waals surface area contributed by atoms with E-state index in [1.54, 1.807) is 33.8 Å². The normalized spacial score (nSPS) is 6.56. The molecule has 0 amide bonds. The third-order valence-corrected chi connectivity index (χ3v) is 0. The molecule has 0 radical (unpaired) electrons. The fourth-order valence-electron chi connectivity index (χ4n) is 0. The molecule has 0 bridgehead atoms. The van der Waals surface area contributed by atoms with Gasteiger partial charge in [0, 0.05) is 12.9 Å². The zero-order valence-electron chi connectivity index (χ0n) is 10.8. The van der Waals surface area contributed by atoms with E-state index in [1.165, 1.54) is 6.92 Å². The standard InChI is InChI=1S/2C3H7O.C2H3N.C2H4O2.Al/c2*1-3(2)4;1-2-3;1-2(3)4;/h2*3H,1-2H3;1H3;1H3,(H,3,4);/q2*-1;;;+3/p-1. The van der Waals surface area contributed by atoms with E-state index in [4.69, 9.17) is 15.2 Å². The summed E-state index contributed by atoms with van der Waals surface area (Å²) in [7, 11) is 0. The van der Waals surface area contributed by atoms with Crippen molar-refractivity contribution in [1.82, 2.24) is 0 Å². The molecule has 6 heteroatoms. The zero-order valence-corrected chi connectivity index (χ0v) is 12.0. The Balaban J connectivity index is -0.0000000331. The minimum absolute atomic E-state index is 0. The number of nitriles is 1. The van der Waals surface area contributed by atoms with Crippen molar-refractivity contribution in [2.45, 2.75) is 53.8 Å². The maximum atomic E-state index is 9.53. The average Bonchev–Trinajstić information content (AvgIpc) is 1.81. The van der Waals surface area contributed by atoms with Crippen molar-refractivity contribution in [3.05, 3.63) is 0 Å². The average molecular weight is 245 g/mol. The van der Waals surface area contributed by atoms with E-state index in [0.29, 0.717) is 0 Å². The number of nitrogens with zero attached hydrogens (tertiary/aromatic N) is 1. The van der Waals surface area contributed by atoms with Gasteiger partial charge >= 0.3 is 17.4 Å². The molecule has 0 N–H and O–H groups in total. The Morgan fingerprint density at radius 1 is 1.12 bits per heavy atom. The molecule has 0 spiro atoms. The summed E-state index contributed by atoms with van der Waals surface area (Å²) in [5.74, 6) is -1.08. The first kappa shape index (κ1) is 29.5. The van der Waals surface area contributed by atoms with Gasteiger partial charge in [-0.25, -0.2) is 0 Å². The van der Waals surface area contributed by atoms with E-state index in [-0.39, 0.29) is 17.4 Å². The van der Waals surface area contributed by atoms with Crippen molar-refractivity contribution in [1.29, 1.82) is 5.26 Å². The van der Waals surface area contributed by atoms with Crippen molar-refractivity contribution < 1.29 is 20.1 Å². The SMILES string of the molecule is CC#N.CC(=O)[O-].CC(C)[O-].CC(C)[O-].[Al+3]. The summed E-state index contributed by atoms with van der Waals surface area (Å²) in [6.07, 6.45) is -0.833. The van der Waals surface area contributed by atoms with E-state index < -0.39 is 18.2 Å². The van der Waals surface area contributed by atoms with Gasteiger partial charge in [-0.15, -0.1) is 12.2 Å². The number of rotatable bonds is 0. The zero-order chi connectivity index (χ0) is 13.4. The Morgan fingerprint density at radius 3 is 1.12 bits per heavy atom. The summed E-state index contributed by atoms with van der Waals surface area (Å²) in [4.78, 5) is 8.89. The Morgan fingerprint density at radius 2 is 1.12 bits per heavy atom. The third kappa shape index (κ3) is 5990. The predicted molar refractivity (Wildman–Crippen MR) is 58.0 cm³/mol. The molecule has 0 rings (SSSR count). The van der Waals surface area contributed by atoms with Gasteiger partial charge in [-0.2, -0.15) is 5.26 Å². The van der Waals surface area contributed by atoms with Crippen LogP contribution in [0.25, 0.3) is 0 Å². The van der Waals surface area contributed by atoms with Crippen LogP contribution >= 0.6 is 0 Å². The molecular formula is C10H20AlNO4. The number of carbonyl (C=O) groups excluding carboxylic acids is 1. The first-order valence-electron chi connectivity index (χ1n) is 4.41. The van der Waals surface area contributed by atoms with E-state index in [0.717, 1.165) is 6.92 Å². The number of hydrogen-bond acceptors (Lipinski definition) is 5. The van der Waals surface area contributed by atoms with E-state index in [1.807, 2.05) is 0 Å². The minimum Gasteiger partial charge on any atom is -0.852 e.